The van der Waals surface area contributed by atoms with Gasteiger partial charge in [-0.3, -0.25) is 0 Å². The fourth-order valence-electron chi connectivity index (χ4n) is 2.47. The van der Waals surface area contributed by atoms with Crippen LogP contribution in [0.15, 0.2) is 0 Å². The van der Waals surface area contributed by atoms with Gasteiger partial charge in [0.2, 0.25) is 0 Å². The van der Waals surface area contributed by atoms with Gasteiger partial charge in [-0.1, -0.05) is 72.1 Å². The molecule has 0 aromatic rings. The molecule has 3 heteroatoms. The molecule has 19 heavy (non-hydrogen) atoms. The Kier molecular flexibility index (Phi) is 11.7. The van der Waals surface area contributed by atoms with E-state index < -0.39 is 9.84 Å². The summed E-state index contributed by atoms with van der Waals surface area (Å²) >= 11 is 0. The van der Waals surface area contributed by atoms with E-state index in [9.17, 15) is 8.42 Å². The highest BCUT2D eigenvalue weighted by atomic mass is 32.2. The second kappa shape index (κ2) is 11.7. The van der Waals surface area contributed by atoms with E-state index in [2.05, 4.69) is 20.8 Å². The van der Waals surface area contributed by atoms with Crippen LogP contribution in [0.2, 0.25) is 0 Å². The summed E-state index contributed by atoms with van der Waals surface area (Å²) in [5.41, 5.74) is 0. The molecule has 0 aliphatic heterocycles. The Morgan fingerprint density at radius 3 is 1.53 bits per heavy atom. The van der Waals surface area contributed by atoms with Gasteiger partial charge in [0.15, 0.2) is 9.84 Å². The third-order valence-electron chi connectivity index (χ3n) is 3.80. The predicted molar refractivity (Wildman–Crippen MR) is 85.4 cm³/mol. The molecule has 0 rings (SSSR count). The van der Waals surface area contributed by atoms with E-state index in [-0.39, 0.29) is 5.25 Å². The van der Waals surface area contributed by atoms with Crippen molar-refractivity contribution in [3.8, 4) is 0 Å². The monoisotopic (exact) mass is 290 g/mol. The average Bonchev–Trinajstić information content (AvgIpc) is 2.37. The molecule has 0 heterocycles. The minimum atomic E-state index is -2.86. The third-order valence-corrected chi connectivity index (χ3v) is 6.14. The molecule has 0 amide bonds. The predicted octanol–water partition coefficient (Wildman–Crippen LogP) is 5.12. The molecule has 0 fully saturated rings. The van der Waals surface area contributed by atoms with Crippen LogP contribution in [0.1, 0.15) is 91.4 Å². The Bertz CT molecular complexity index is 273. The van der Waals surface area contributed by atoms with E-state index in [1.807, 2.05) is 0 Å². The maximum Gasteiger partial charge on any atom is 0.153 e. The lowest BCUT2D eigenvalue weighted by molar-refractivity contribution is 0.527. The fourth-order valence-corrected chi connectivity index (χ4v) is 4.46. The number of rotatable bonds is 13. The summed E-state index contributed by atoms with van der Waals surface area (Å²) in [6, 6.07) is 0. The molecule has 0 unspecified atom stereocenters. The van der Waals surface area contributed by atoms with E-state index in [4.69, 9.17) is 0 Å². The van der Waals surface area contributed by atoms with Crippen molar-refractivity contribution in [2.75, 3.05) is 5.75 Å². The average molecular weight is 291 g/mol. The van der Waals surface area contributed by atoms with Gasteiger partial charge in [-0.2, -0.15) is 0 Å². The van der Waals surface area contributed by atoms with Crippen LogP contribution < -0.4 is 0 Å². The Morgan fingerprint density at radius 1 is 0.684 bits per heavy atom. The van der Waals surface area contributed by atoms with Crippen LogP contribution in [-0.4, -0.2) is 19.4 Å². The number of hydrogen-bond acceptors (Lipinski definition) is 2. The summed E-state index contributed by atoms with van der Waals surface area (Å²) in [6.07, 6.45) is 11.5. The molecule has 0 radical (unpaired) electrons. The van der Waals surface area contributed by atoms with E-state index in [1.54, 1.807) is 0 Å². The van der Waals surface area contributed by atoms with Crippen LogP contribution in [0.3, 0.4) is 0 Å². The first-order valence-corrected chi connectivity index (χ1v) is 10.0. The van der Waals surface area contributed by atoms with Crippen molar-refractivity contribution in [2.24, 2.45) is 0 Å². The van der Waals surface area contributed by atoms with E-state index in [0.717, 1.165) is 70.6 Å². The minimum Gasteiger partial charge on any atom is -0.229 e. The van der Waals surface area contributed by atoms with Gasteiger partial charge in [-0.05, 0) is 19.3 Å². The molecule has 0 saturated heterocycles. The highest BCUT2D eigenvalue weighted by Gasteiger charge is 2.23. The number of unbranched alkanes of at least 4 members (excludes halogenated alkanes) is 6. The molecule has 0 saturated carbocycles. The highest BCUT2D eigenvalue weighted by Crippen LogP contribution is 2.20. The third kappa shape index (κ3) is 9.48. The topological polar surface area (TPSA) is 34.1 Å². The molecule has 116 valence electrons. The van der Waals surface area contributed by atoms with Gasteiger partial charge in [0.05, 0.1) is 11.0 Å². The molecule has 2 nitrogen and oxygen atoms in total. The van der Waals surface area contributed by atoms with Crippen LogP contribution in [0.5, 0.6) is 0 Å². The molecule has 0 atom stereocenters. The lowest BCUT2D eigenvalue weighted by Crippen LogP contribution is -2.24. The second-order valence-corrected chi connectivity index (χ2v) is 8.09. The van der Waals surface area contributed by atoms with Crippen LogP contribution >= 0.6 is 0 Å². The SMILES string of the molecule is CCCCCC(CCCCC)S(=O)(=O)CCCCC. The van der Waals surface area contributed by atoms with E-state index in [1.165, 1.54) is 0 Å². The van der Waals surface area contributed by atoms with Crippen LogP contribution in [0.4, 0.5) is 0 Å². The number of hydrogen-bond donors (Lipinski definition) is 0. The van der Waals surface area contributed by atoms with Gasteiger partial charge in [-0.25, -0.2) is 8.42 Å². The van der Waals surface area contributed by atoms with Crippen molar-refractivity contribution in [3.05, 3.63) is 0 Å². The molecule has 0 spiro atoms. The van der Waals surface area contributed by atoms with Gasteiger partial charge in [0, 0.05) is 0 Å². The van der Waals surface area contributed by atoms with Crippen molar-refractivity contribution < 1.29 is 8.42 Å². The van der Waals surface area contributed by atoms with Crippen LogP contribution in [0.25, 0.3) is 0 Å². The van der Waals surface area contributed by atoms with Gasteiger partial charge < -0.3 is 0 Å². The molecule has 0 bridgehead atoms. The molecular formula is C16H34O2S. The summed E-state index contributed by atoms with van der Waals surface area (Å²) in [6.45, 7) is 6.45. The minimum absolute atomic E-state index is 0.0672. The molecule has 0 aromatic heterocycles. The summed E-state index contributed by atoms with van der Waals surface area (Å²) in [7, 11) is -2.86. The summed E-state index contributed by atoms with van der Waals surface area (Å²) in [5, 5.41) is -0.0672. The Balaban J connectivity index is 4.32. The lowest BCUT2D eigenvalue weighted by Gasteiger charge is -2.17. The highest BCUT2D eigenvalue weighted by molar-refractivity contribution is 7.92. The largest absolute Gasteiger partial charge is 0.229 e. The zero-order chi connectivity index (χ0) is 14.6. The van der Waals surface area contributed by atoms with Gasteiger partial charge >= 0.3 is 0 Å². The first kappa shape index (κ1) is 18.9. The van der Waals surface area contributed by atoms with Crippen molar-refractivity contribution >= 4 is 9.84 Å². The first-order valence-electron chi connectivity index (χ1n) is 8.30. The normalized spacial score (nSPS) is 12.2. The standard InChI is InChI=1S/C16H34O2S/c1-4-7-10-13-16(14-11-8-5-2)19(17,18)15-12-9-6-3/h16H,4-15H2,1-3H3. The maximum atomic E-state index is 12.4. The van der Waals surface area contributed by atoms with Gasteiger partial charge in [0.25, 0.3) is 0 Å². The Labute approximate surface area is 121 Å². The summed E-state index contributed by atoms with van der Waals surface area (Å²) in [5.74, 6) is 0.407. The molecule has 0 aromatic carbocycles. The summed E-state index contributed by atoms with van der Waals surface area (Å²) < 4.78 is 24.8. The second-order valence-electron chi connectivity index (χ2n) is 5.69. The lowest BCUT2D eigenvalue weighted by atomic mass is 10.1. The van der Waals surface area contributed by atoms with E-state index >= 15 is 0 Å². The molecule has 0 N–H and O–H groups in total. The smallest absolute Gasteiger partial charge is 0.153 e. The Morgan fingerprint density at radius 2 is 1.11 bits per heavy atom. The summed E-state index contributed by atoms with van der Waals surface area (Å²) in [4.78, 5) is 0. The zero-order valence-corrected chi connectivity index (χ0v) is 14.1. The first-order chi connectivity index (χ1) is 9.08. The molecular weight excluding hydrogens is 256 g/mol. The molecule has 0 aliphatic carbocycles. The van der Waals surface area contributed by atoms with Crippen molar-refractivity contribution in [1.29, 1.82) is 0 Å². The van der Waals surface area contributed by atoms with Crippen LogP contribution in [0, 0.1) is 0 Å². The fraction of sp³-hybridized carbons (Fsp3) is 1.00. The van der Waals surface area contributed by atoms with Crippen molar-refractivity contribution in [3.63, 3.8) is 0 Å². The van der Waals surface area contributed by atoms with Crippen molar-refractivity contribution in [1.82, 2.24) is 0 Å². The van der Waals surface area contributed by atoms with E-state index in [0.29, 0.717) is 5.75 Å². The molecule has 0 aliphatic rings. The zero-order valence-electron chi connectivity index (χ0n) is 13.3. The van der Waals surface area contributed by atoms with Crippen molar-refractivity contribution in [2.45, 2.75) is 96.7 Å². The van der Waals surface area contributed by atoms with Crippen LogP contribution in [-0.2, 0) is 9.84 Å². The maximum absolute atomic E-state index is 12.4. The van der Waals surface area contributed by atoms with Gasteiger partial charge in [-0.15, -0.1) is 0 Å². The quantitative estimate of drug-likeness (QED) is 0.441. The Hall–Kier alpha value is -0.0500. The number of sulfone groups is 1. The van der Waals surface area contributed by atoms with Gasteiger partial charge in [0.1, 0.15) is 0 Å².